The average Bonchev–Trinajstić information content (AvgIpc) is 3.37. The molecule has 0 saturated carbocycles. The molecule has 0 aliphatic carbocycles. The van der Waals surface area contributed by atoms with E-state index >= 15 is 0 Å². The number of rotatable bonds is 12. The lowest BCUT2D eigenvalue weighted by atomic mass is 9.99. The summed E-state index contributed by atoms with van der Waals surface area (Å²) in [6.45, 7) is 4.60. The molecule has 2 amide bonds. The highest BCUT2D eigenvalue weighted by Crippen LogP contribution is 2.30. The molecule has 1 unspecified atom stereocenters. The highest BCUT2D eigenvalue weighted by atomic mass is 35.5. The Morgan fingerprint density at radius 2 is 1.85 bits per heavy atom. The number of amides is 2. The first-order chi connectivity index (χ1) is 19.3. The van der Waals surface area contributed by atoms with Crippen LogP contribution in [0.2, 0.25) is 10.0 Å². The molecule has 2 aromatic heterocycles. The van der Waals surface area contributed by atoms with Gasteiger partial charge in [-0.25, -0.2) is 4.68 Å². The monoisotopic (exact) mass is 579 g/mol. The summed E-state index contributed by atoms with van der Waals surface area (Å²) in [4.78, 5) is 31.0. The van der Waals surface area contributed by atoms with E-state index in [1.54, 1.807) is 40.2 Å². The second-order valence-electron chi connectivity index (χ2n) is 9.35. The molecule has 4 aromatic rings. The minimum absolute atomic E-state index is 0.0547. The quantitative estimate of drug-likeness (QED) is 0.202. The molecule has 0 saturated heterocycles. The Kier molecular flexibility index (Phi) is 9.79. The van der Waals surface area contributed by atoms with Crippen molar-refractivity contribution in [1.29, 1.82) is 0 Å². The molecule has 0 aliphatic rings. The standard InChI is InChI=1S/C30H31Cl2N5O3/c1-3-36(27(18-28(33)38)21-10-8-20(2)9-11-21)29(39)7-5-15-40-30-17-26(22-6-4-14-34-19-22)35-37(30)23-12-13-24(31)25(32)16-23/h4,6,8-14,16-17,19,27H,3,5,7,15,18H2,1-2H3,(H2,33,38). The number of pyridine rings is 1. The van der Waals surface area contributed by atoms with Gasteiger partial charge in [-0.2, -0.15) is 5.10 Å². The van der Waals surface area contributed by atoms with Gasteiger partial charge in [-0.3, -0.25) is 14.6 Å². The van der Waals surface area contributed by atoms with Crippen molar-refractivity contribution in [2.45, 2.75) is 39.2 Å². The number of hydrogen-bond donors (Lipinski definition) is 1. The molecular formula is C30H31Cl2N5O3. The fraction of sp³-hybridized carbons (Fsp3) is 0.267. The number of carbonyl (C=O) groups excluding carboxylic acids is 2. The Morgan fingerprint density at radius 3 is 2.50 bits per heavy atom. The normalized spacial score (nSPS) is 11.7. The lowest BCUT2D eigenvalue weighted by Crippen LogP contribution is -2.37. The second-order valence-corrected chi connectivity index (χ2v) is 10.2. The van der Waals surface area contributed by atoms with Gasteiger partial charge in [0.25, 0.3) is 0 Å². The molecule has 40 heavy (non-hydrogen) atoms. The summed E-state index contributed by atoms with van der Waals surface area (Å²) in [6.07, 6.45) is 4.17. The zero-order valence-corrected chi connectivity index (χ0v) is 23.9. The Morgan fingerprint density at radius 1 is 1.07 bits per heavy atom. The summed E-state index contributed by atoms with van der Waals surface area (Å²) in [5, 5.41) is 5.53. The summed E-state index contributed by atoms with van der Waals surface area (Å²) in [6, 6.07) is 18.2. The van der Waals surface area contributed by atoms with Crippen molar-refractivity contribution in [2.24, 2.45) is 5.73 Å². The van der Waals surface area contributed by atoms with E-state index in [1.165, 1.54) is 0 Å². The maximum Gasteiger partial charge on any atom is 0.223 e. The van der Waals surface area contributed by atoms with Gasteiger partial charge >= 0.3 is 0 Å². The molecule has 1 atom stereocenters. The zero-order chi connectivity index (χ0) is 28.6. The summed E-state index contributed by atoms with van der Waals surface area (Å²) in [7, 11) is 0. The van der Waals surface area contributed by atoms with Crippen LogP contribution in [-0.2, 0) is 9.59 Å². The van der Waals surface area contributed by atoms with E-state index in [0.717, 1.165) is 16.7 Å². The van der Waals surface area contributed by atoms with Crippen LogP contribution >= 0.6 is 23.2 Å². The van der Waals surface area contributed by atoms with Gasteiger partial charge in [0.2, 0.25) is 17.7 Å². The van der Waals surface area contributed by atoms with Crippen LogP contribution in [0.15, 0.2) is 73.1 Å². The van der Waals surface area contributed by atoms with Crippen molar-refractivity contribution in [1.82, 2.24) is 19.7 Å². The predicted octanol–water partition coefficient (Wildman–Crippen LogP) is 6.17. The van der Waals surface area contributed by atoms with Gasteiger partial charge in [0, 0.05) is 37.0 Å². The first kappa shape index (κ1) is 29.1. The largest absolute Gasteiger partial charge is 0.478 e. The topological polar surface area (TPSA) is 103 Å². The number of primary amides is 1. The molecule has 8 nitrogen and oxygen atoms in total. The number of aromatic nitrogens is 3. The number of nitrogens with two attached hydrogens (primary N) is 1. The fourth-order valence-corrected chi connectivity index (χ4v) is 4.72. The Labute approximate surface area is 243 Å². The molecule has 208 valence electrons. The SMILES string of the molecule is CCN(C(=O)CCCOc1cc(-c2cccnc2)nn1-c1ccc(Cl)c(Cl)c1)C(CC(N)=O)c1ccc(C)cc1. The third kappa shape index (κ3) is 7.20. The third-order valence-electron chi connectivity index (χ3n) is 6.46. The lowest BCUT2D eigenvalue weighted by molar-refractivity contribution is -0.134. The molecule has 0 fully saturated rings. The lowest BCUT2D eigenvalue weighted by Gasteiger charge is -2.31. The van der Waals surface area contributed by atoms with Gasteiger partial charge in [-0.1, -0.05) is 53.0 Å². The number of halogens is 2. The van der Waals surface area contributed by atoms with Crippen molar-refractivity contribution in [3.63, 3.8) is 0 Å². The van der Waals surface area contributed by atoms with Crippen LogP contribution in [-0.4, -0.2) is 44.6 Å². The zero-order valence-electron chi connectivity index (χ0n) is 22.4. The molecule has 2 N–H and O–H groups in total. The summed E-state index contributed by atoms with van der Waals surface area (Å²) < 4.78 is 7.75. The molecule has 4 rings (SSSR count). The van der Waals surface area contributed by atoms with Crippen LogP contribution in [0.3, 0.4) is 0 Å². The van der Waals surface area contributed by atoms with E-state index in [1.807, 2.05) is 56.3 Å². The highest BCUT2D eigenvalue weighted by molar-refractivity contribution is 6.42. The fourth-order valence-electron chi connectivity index (χ4n) is 4.43. The first-order valence-electron chi connectivity index (χ1n) is 13.0. The van der Waals surface area contributed by atoms with E-state index < -0.39 is 11.9 Å². The van der Waals surface area contributed by atoms with Crippen LogP contribution in [0, 0.1) is 6.92 Å². The van der Waals surface area contributed by atoms with E-state index in [9.17, 15) is 9.59 Å². The van der Waals surface area contributed by atoms with Crippen LogP contribution in [0.4, 0.5) is 0 Å². The minimum Gasteiger partial charge on any atom is -0.478 e. The number of nitrogens with zero attached hydrogens (tertiary/aromatic N) is 4. The molecule has 0 bridgehead atoms. The summed E-state index contributed by atoms with van der Waals surface area (Å²) in [5.74, 6) is -0.0459. The van der Waals surface area contributed by atoms with Gasteiger partial charge in [0.05, 0.1) is 40.5 Å². The molecule has 10 heteroatoms. The minimum atomic E-state index is -0.458. The molecular weight excluding hydrogens is 549 g/mol. The number of carbonyl (C=O) groups is 2. The van der Waals surface area contributed by atoms with Crippen molar-refractivity contribution in [3.8, 4) is 22.8 Å². The molecule has 0 aliphatic heterocycles. The first-order valence-corrected chi connectivity index (χ1v) is 13.8. The van der Waals surface area contributed by atoms with Gasteiger partial charge in [0.1, 0.15) is 0 Å². The molecule has 0 spiro atoms. The molecule has 0 radical (unpaired) electrons. The number of ether oxygens (including phenoxy) is 1. The predicted molar refractivity (Wildman–Crippen MR) is 157 cm³/mol. The smallest absolute Gasteiger partial charge is 0.223 e. The Bertz CT molecular complexity index is 1460. The van der Waals surface area contributed by atoms with E-state index in [4.69, 9.17) is 38.8 Å². The van der Waals surface area contributed by atoms with E-state index in [2.05, 4.69) is 4.98 Å². The van der Waals surface area contributed by atoms with E-state index in [-0.39, 0.29) is 25.4 Å². The maximum absolute atomic E-state index is 13.3. The Hall–Kier alpha value is -3.88. The summed E-state index contributed by atoms with van der Waals surface area (Å²) >= 11 is 12.4. The molecule has 2 heterocycles. The van der Waals surface area contributed by atoms with Crippen molar-refractivity contribution in [3.05, 3.63) is 94.2 Å². The van der Waals surface area contributed by atoms with Crippen molar-refractivity contribution in [2.75, 3.05) is 13.2 Å². The molecule has 2 aromatic carbocycles. The van der Waals surface area contributed by atoms with Crippen LogP contribution in [0.1, 0.15) is 43.4 Å². The van der Waals surface area contributed by atoms with Gasteiger partial charge in [-0.15, -0.1) is 0 Å². The second kappa shape index (κ2) is 13.5. The average molecular weight is 581 g/mol. The van der Waals surface area contributed by atoms with Crippen LogP contribution < -0.4 is 10.5 Å². The van der Waals surface area contributed by atoms with Gasteiger partial charge in [-0.05, 0) is 56.2 Å². The Balaban J connectivity index is 1.47. The third-order valence-corrected chi connectivity index (χ3v) is 7.20. The van der Waals surface area contributed by atoms with Crippen LogP contribution in [0.5, 0.6) is 5.88 Å². The van der Waals surface area contributed by atoms with E-state index in [0.29, 0.717) is 40.3 Å². The summed E-state index contributed by atoms with van der Waals surface area (Å²) in [5.41, 5.74) is 9.70. The van der Waals surface area contributed by atoms with Crippen molar-refractivity contribution >= 4 is 35.0 Å². The van der Waals surface area contributed by atoms with Gasteiger partial charge < -0.3 is 15.4 Å². The number of hydrogen-bond acceptors (Lipinski definition) is 5. The van der Waals surface area contributed by atoms with Gasteiger partial charge in [0.15, 0.2) is 0 Å². The maximum atomic E-state index is 13.3. The number of benzene rings is 2. The number of aryl methyl sites for hydroxylation is 1. The van der Waals surface area contributed by atoms with Crippen LogP contribution in [0.25, 0.3) is 16.9 Å². The highest BCUT2D eigenvalue weighted by Gasteiger charge is 2.25. The van der Waals surface area contributed by atoms with Crippen molar-refractivity contribution < 1.29 is 14.3 Å².